The number of nitro groups is 2. The first kappa shape index (κ1) is 21.5. The van der Waals surface area contributed by atoms with Crippen LogP contribution in [-0.4, -0.2) is 21.4 Å². The molecule has 0 unspecified atom stereocenters. The van der Waals surface area contributed by atoms with Gasteiger partial charge in [-0.1, -0.05) is 47.8 Å². The van der Waals surface area contributed by atoms with E-state index in [9.17, 15) is 29.8 Å². The van der Waals surface area contributed by atoms with Crippen LogP contribution >= 0.6 is 23.5 Å². The lowest BCUT2D eigenvalue weighted by atomic mass is 9.94. The van der Waals surface area contributed by atoms with Crippen LogP contribution in [0, 0.1) is 20.2 Å². The molecule has 0 N–H and O–H groups in total. The number of hydrogen-bond acceptors (Lipinski definition) is 8. The minimum absolute atomic E-state index is 0.0831. The molecular weight excluding hydrogens is 452 g/mol. The van der Waals surface area contributed by atoms with E-state index in [4.69, 9.17) is 0 Å². The number of non-ortho nitro benzene ring substituents is 2. The summed E-state index contributed by atoms with van der Waals surface area (Å²) in [4.78, 5) is 48.8. The molecule has 32 heavy (non-hydrogen) atoms. The van der Waals surface area contributed by atoms with E-state index in [0.29, 0.717) is 9.79 Å². The molecular formula is C22H12N2O6S2. The van der Waals surface area contributed by atoms with Gasteiger partial charge in [-0.25, -0.2) is 0 Å². The molecule has 3 aromatic rings. The predicted octanol–water partition coefficient (Wildman–Crippen LogP) is 5.68. The van der Waals surface area contributed by atoms with Crippen molar-refractivity contribution in [1.82, 2.24) is 0 Å². The number of hydrogen-bond donors (Lipinski definition) is 0. The lowest BCUT2D eigenvalue weighted by Crippen LogP contribution is -2.19. The second-order valence-corrected chi connectivity index (χ2v) is 8.74. The smallest absolute Gasteiger partial charge is 0.269 e. The van der Waals surface area contributed by atoms with Crippen molar-refractivity contribution in [3.63, 3.8) is 0 Å². The first-order chi connectivity index (χ1) is 15.3. The van der Waals surface area contributed by atoms with Crippen LogP contribution in [0.15, 0.2) is 92.4 Å². The highest BCUT2D eigenvalue weighted by molar-refractivity contribution is 8.08. The maximum atomic E-state index is 13.2. The second-order valence-electron chi connectivity index (χ2n) is 6.57. The number of nitrogens with zero attached hydrogens (tertiary/aromatic N) is 2. The topological polar surface area (TPSA) is 120 Å². The lowest BCUT2D eigenvalue weighted by Gasteiger charge is -2.20. The maximum absolute atomic E-state index is 13.2. The van der Waals surface area contributed by atoms with Gasteiger partial charge in [-0.3, -0.25) is 29.8 Å². The number of nitro benzene ring substituents is 2. The Morgan fingerprint density at radius 3 is 1.22 bits per heavy atom. The standard InChI is InChI=1S/C22H12N2O6S2/c25-19-17-3-1-2-4-18(17)20(26)22(32-16-11-7-14(8-12-16)24(29)30)21(19)31-15-9-5-13(6-10-15)23(27)28/h1-12H. The number of carbonyl (C=O) groups excluding carboxylic acids is 2. The molecule has 0 aromatic heterocycles. The summed E-state index contributed by atoms with van der Waals surface area (Å²) in [7, 11) is 0. The maximum Gasteiger partial charge on any atom is 0.269 e. The summed E-state index contributed by atoms with van der Waals surface area (Å²) in [6, 6.07) is 17.9. The van der Waals surface area contributed by atoms with E-state index in [1.165, 1.54) is 48.5 Å². The van der Waals surface area contributed by atoms with Crippen LogP contribution in [0.1, 0.15) is 20.7 Å². The molecule has 0 spiro atoms. The molecule has 10 heteroatoms. The molecule has 0 saturated heterocycles. The van der Waals surface area contributed by atoms with Gasteiger partial charge in [0.15, 0.2) is 0 Å². The van der Waals surface area contributed by atoms with Gasteiger partial charge in [-0.05, 0) is 24.3 Å². The van der Waals surface area contributed by atoms with E-state index in [-0.39, 0.29) is 43.9 Å². The van der Waals surface area contributed by atoms with Crippen molar-refractivity contribution in [1.29, 1.82) is 0 Å². The van der Waals surface area contributed by atoms with Crippen molar-refractivity contribution in [3.05, 3.63) is 114 Å². The van der Waals surface area contributed by atoms with E-state index in [1.807, 2.05) is 0 Å². The van der Waals surface area contributed by atoms with Crippen LogP contribution in [0.4, 0.5) is 11.4 Å². The van der Waals surface area contributed by atoms with Crippen LogP contribution in [-0.2, 0) is 0 Å². The lowest BCUT2D eigenvalue weighted by molar-refractivity contribution is -0.385. The van der Waals surface area contributed by atoms with Crippen LogP contribution in [0.5, 0.6) is 0 Å². The molecule has 0 saturated carbocycles. The Balaban J connectivity index is 1.75. The number of benzene rings is 3. The Labute approximate surface area is 189 Å². The minimum atomic E-state index is -0.519. The normalized spacial score (nSPS) is 13.1. The molecule has 0 aliphatic heterocycles. The van der Waals surface area contributed by atoms with Gasteiger partial charge in [0.1, 0.15) is 0 Å². The Bertz CT molecular complexity index is 1200. The molecule has 0 atom stereocenters. The van der Waals surface area contributed by atoms with Gasteiger partial charge in [0.2, 0.25) is 11.6 Å². The van der Waals surface area contributed by atoms with Crippen LogP contribution in [0.3, 0.4) is 0 Å². The fourth-order valence-electron chi connectivity index (χ4n) is 3.02. The molecule has 0 heterocycles. The average Bonchev–Trinajstić information content (AvgIpc) is 2.80. The van der Waals surface area contributed by atoms with Crippen LogP contribution < -0.4 is 0 Å². The van der Waals surface area contributed by atoms with Crippen molar-refractivity contribution < 1.29 is 19.4 Å². The molecule has 0 fully saturated rings. The van der Waals surface area contributed by atoms with E-state index < -0.39 is 9.85 Å². The molecule has 1 aliphatic carbocycles. The summed E-state index contributed by atoms with van der Waals surface area (Å²) in [5.74, 6) is -0.652. The summed E-state index contributed by atoms with van der Waals surface area (Å²) >= 11 is 2.11. The number of carbonyl (C=O) groups is 2. The Kier molecular flexibility index (Phi) is 5.89. The van der Waals surface area contributed by atoms with Gasteiger partial charge in [0, 0.05) is 45.2 Å². The number of ketones is 2. The highest BCUT2D eigenvalue weighted by Crippen LogP contribution is 2.43. The zero-order valence-corrected chi connectivity index (χ0v) is 17.7. The van der Waals surface area contributed by atoms with Crippen molar-refractivity contribution in [2.75, 3.05) is 0 Å². The summed E-state index contributed by atoms with van der Waals surface area (Å²) in [5, 5.41) is 21.8. The zero-order valence-electron chi connectivity index (χ0n) is 16.1. The van der Waals surface area contributed by atoms with Crippen LogP contribution in [0.2, 0.25) is 0 Å². The molecule has 1 aliphatic rings. The number of Topliss-reactive ketones (excluding diaryl/α,β-unsaturated/α-hetero) is 2. The van der Waals surface area contributed by atoms with Gasteiger partial charge in [-0.15, -0.1) is 0 Å². The number of thioether (sulfide) groups is 2. The number of rotatable bonds is 6. The zero-order chi connectivity index (χ0) is 22.8. The highest BCUT2D eigenvalue weighted by Gasteiger charge is 2.33. The predicted molar refractivity (Wildman–Crippen MR) is 120 cm³/mol. The molecule has 0 radical (unpaired) electrons. The van der Waals surface area contributed by atoms with Crippen LogP contribution in [0.25, 0.3) is 0 Å². The summed E-state index contributed by atoms with van der Waals surface area (Å²) in [5.41, 5.74) is 0.408. The summed E-state index contributed by atoms with van der Waals surface area (Å²) in [6.45, 7) is 0. The highest BCUT2D eigenvalue weighted by atomic mass is 32.2. The largest absolute Gasteiger partial charge is 0.288 e. The molecule has 158 valence electrons. The fraction of sp³-hybridized carbons (Fsp3) is 0. The van der Waals surface area contributed by atoms with Gasteiger partial charge >= 0.3 is 0 Å². The SMILES string of the molecule is O=C1C(Sc2ccc([N+](=O)[O-])cc2)=C(Sc2ccc([N+](=O)[O-])cc2)C(=O)c2ccccc21. The first-order valence-electron chi connectivity index (χ1n) is 9.12. The van der Waals surface area contributed by atoms with Crippen molar-refractivity contribution in [2.45, 2.75) is 9.79 Å². The quantitative estimate of drug-likeness (QED) is 0.337. The minimum Gasteiger partial charge on any atom is -0.288 e. The van der Waals surface area contributed by atoms with Crippen molar-refractivity contribution in [2.24, 2.45) is 0 Å². The Morgan fingerprint density at radius 2 is 0.906 bits per heavy atom. The molecule has 0 amide bonds. The van der Waals surface area contributed by atoms with E-state index in [2.05, 4.69) is 0 Å². The Morgan fingerprint density at radius 1 is 0.562 bits per heavy atom. The summed E-state index contributed by atoms with van der Waals surface area (Å²) in [6.07, 6.45) is 0. The molecule has 4 rings (SSSR count). The van der Waals surface area contributed by atoms with Gasteiger partial charge < -0.3 is 0 Å². The summed E-state index contributed by atoms with van der Waals surface area (Å²) < 4.78 is 0. The first-order valence-corrected chi connectivity index (χ1v) is 10.8. The molecule has 8 nitrogen and oxygen atoms in total. The molecule has 0 bridgehead atoms. The third-order valence-electron chi connectivity index (χ3n) is 4.57. The van der Waals surface area contributed by atoms with E-state index in [1.54, 1.807) is 24.3 Å². The third kappa shape index (κ3) is 4.18. The monoisotopic (exact) mass is 464 g/mol. The number of allylic oxidation sites excluding steroid dienone is 2. The fourth-order valence-corrected chi connectivity index (χ4v) is 5.06. The van der Waals surface area contributed by atoms with Crippen molar-refractivity contribution >= 4 is 46.5 Å². The molecule has 3 aromatic carbocycles. The van der Waals surface area contributed by atoms with E-state index in [0.717, 1.165) is 23.5 Å². The third-order valence-corrected chi connectivity index (χ3v) is 6.90. The number of fused-ring (bicyclic) bond motifs is 1. The van der Waals surface area contributed by atoms with Gasteiger partial charge in [0.25, 0.3) is 11.4 Å². The van der Waals surface area contributed by atoms with Crippen molar-refractivity contribution in [3.8, 4) is 0 Å². The van der Waals surface area contributed by atoms with Gasteiger partial charge in [0.05, 0.1) is 19.7 Å². The van der Waals surface area contributed by atoms with Gasteiger partial charge in [-0.2, -0.15) is 0 Å². The second kappa shape index (κ2) is 8.77. The van der Waals surface area contributed by atoms with E-state index >= 15 is 0 Å². The Hall–Kier alpha value is -3.76. The average molecular weight is 464 g/mol.